The molecular formula is C17H16N2O3. The number of anilines is 2. The number of nitrogens with one attached hydrogen (secondary N) is 1. The Kier molecular flexibility index (Phi) is 3.78. The van der Waals surface area contributed by atoms with Gasteiger partial charge in [-0.3, -0.25) is 9.59 Å². The lowest BCUT2D eigenvalue weighted by molar-refractivity contribution is -0.122. The van der Waals surface area contributed by atoms with Crippen LogP contribution in [0.1, 0.15) is 6.42 Å². The zero-order valence-electron chi connectivity index (χ0n) is 11.9. The predicted molar refractivity (Wildman–Crippen MR) is 83.6 cm³/mol. The van der Waals surface area contributed by atoms with E-state index in [9.17, 15) is 14.7 Å². The van der Waals surface area contributed by atoms with E-state index < -0.39 is 0 Å². The van der Waals surface area contributed by atoms with Crippen molar-refractivity contribution in [2.45, 2.75) is 6.42 Å². The molecule has 5 nitrogen and oxygen atoms in total. The third-order valence-corrected chi connectivity index (χ3v) is 3.70. The largest absolute Gasteiger partial charge is 0.508 e. The third-order valence-electron chi connectivity index (χ3n) is 3.70. The SMILES string of the molecule is O=C(Nc1ccc(O)cc1)C1CC(=O)N(c2ccccc2)C1. The standard InChI is InChI=1S/C17H16N2O3/c20-15-8-6-13(7-9-15)18-17(22)12-10-16(21)19(11-12)14-4-2-1-3-5-14/h1-9,12,20H,10-11H2,(H,18,22). The van der Waals surface area contributed by atoms with Gasteiger partial charge in [-0.25, -0.2) is 0 Å². The van der Waals surface area contributed by atoms with Crippen LogP contribution in [0.5, 0.6) is 5.75 Å². The molecule has 112 valence electrons. The molecule has 3 rings (SSSR count). The molecule has 1 saturated heterocycles. The first-order valence-electron chi connectivity index (χ1n) is 7.09. The number of para-hydroxylation sites is 1. The normalized spacial score (nSPS) is 17.5. The van der Waals surface area contributed by atoms with Gasteiger partial charge in [-0.05, 0) is 36.4 Å². The van der Waals surface area contributed by atoms with Crippen molar-refractivity contribution in [3.05, 3.63) is 54.6 Å². The number of hydrogen-bond acceptors (Lipinski definition) is 3. The van der Waals surface area contributed by atoms with Gasteiger partial charge in [0, 0.05) is 24.3 Å². The van der Waals surface area contributed by atoms with Crippen LogP contribution in [0.25, 0.3) is 0 Å². The van der Waals surface area contributed by atoms with Crippen molar-refractivity contribution in [1.82, 2.24) is 0 Å². The molecule has 1 fully saturated rings. The van der Waals surface area contributed by atoms with Crippen LogP contribution < -0.4 is 10.2 Å². The van der Waals surface area contributed by atoms with Crippen LogP contribution in [0.4, 0.5) is 11.4 Å². The molecule has 1 heterocycles. The summed E-state index contributed by atoms with van der Waals surface area (Å²) in [7, 11) is 0. The number of aromatic hydroxyl groups is 1. The minimum Gasteiger partial charge on any atom is -0.508 e. The molecule has 0 saturated carbocycles. The molecule has 2 aromatic carbocycles. The molecule has 1 aliphatic heterocycles. The number of rotatable bonds is 3. The topological polar surface area (TPSA) is 69.6 Å². The highest BCUT2D eigenvalue weighted by atomic mass is 16.3. The first-order valence-corrected chi connectivity index (χ1v) is 7.09. The average molecular weight is 296 g/mol. The second-order valence-electron chi connectivity index (χ2n) is 5.28. The Bertz CT molecular complexity index is 683. The van der Waals surface area contributed by atoms with Gasteiger partial charge in [0.2, 0.25) is 11.8 Å². The zero-order chi connectivity index (χ0) is 15.5. The lowest BCUT2D eigenvalue weighted by Crippen LogP contribution is -2.28. The van der Waals surface area contributed by atoms with Gasteiger partial charge in [-0.2, -0.15) is 0 Å². The molecule has 2 N–H and O–H groups in total. The number of carbonyl (C=O) groups is 2. The fourth-order valence-electron chi connectivity index (χ4n) is 2.53. The number of benzene rings is 2. The van der Waals surface area contributed by atoms with Crippen molar-refractivity contribution in [3.8, 4) is 5.75 Å². The van der Waals surface area contributed by atoms with E-state index >= 15 is 0 Å². The van der Waals surface area contributed by atoms with Crippen molar-refractivity contribution in [2.75, 3.05) is 16.8 Å². The summed E-state index contributed by atoms with van der Waals surface area (Å²) in [6, 6.07) is 15.6. The van der Waals surface area contributed by atoms with E-state index in [1.54, 1.807) is 17.0 Å². The molecule has 1 unspecified atom stereocenters. The molecule has 0 bridgehead atoms. The van der Waals surface area contributed by atoms with E-state index in [0.717, 1.165) is 5.69 Å². The van der Waals surface area contributed by atoms with Gasteiger partial charge in [0.05, 0.1) is 5.92 Å². The Balaban J connectivity index is 1.67. The van der Waals surface area contributed by atoms with Crippen molar-refractivity contribution in [2.24, 2.45) is 5.92 Å². The molecule has 0 aromatic heterocycles. The Morgan fingerprint density at radius 3 is 2.45 bits per heavy atom. The number of nitrogens with zero attached hydrogens (tertiary/aromatic N) is 1. The van der Waals surface area contributed by atoms with Crippen LogP contribution in [-0.4, -0.2) is 23.5 Å². The quantitative estimate of drug-likeness (QED) is 0.854. The first kappa shape index (κ1) is 14.1. The fourth-order valence-corrected chi connectivity index (χ4v) is 2.53. The van der Waals surface area contributed by atoms with Crippen LogP contribution in [0.2, 0.25) is 0 Å². The van der Waals surface area contributed by atoms with Crippen molar-refractivity contribution in [3.63, 3.8) is 0 Å². The molecule has 22 heavy (non-hydrogen) atoms. The Hall–Kier alpha value is -2.82. The highest BCUT2D eigenvalue weighted by Gasteiger charge is 2.35. The van der Waals surface area contributed by atoms with Crippen molar-refractivity contribution >= 4 is 23.2 Å². The summed E-state index contributed by atoms with van der Waals surface area (Å²) in [6.45, 7) is 0.382. The Morgan fingerprint density at radius 2 is 1.77 bits per heavy atom. The van der Waals surface area contributed by atoms with Gasteiger partial charge in [0.25, 0.3) is 0 Å². The van der Waals surface area contributed by atoms with E-state index in [2.05, 4.69) is 5.32 Å². The lowest BCUT2D eigenvalue weighted by Gasteiger charge is -2.16. The maximum Gasteiger partial charge on any atom is 0.229 e. The molecular weight excluding hydrogens is 280 g/mol. The zero-order valence-corrected chi connectivity index (χ0v) is 11.9. The highest BCUT2D eigenvalue weighted by Crippen LogP contribution is 2.26. The summed E-state index contributed by atoms with van der Waals surface area (Å²) in [4.78, 5) is 26.0. The summed E-state index contributed by atoms with van der Waals surface area (Å²) in [6.07, 6.45) is 0.207. The van der Waals surface area contributed by atoms with Gasteiger partial charge in [-0.1, -0.05) is 18.2 Å². The number of phenolic OH excluding ortho intramolecular Hbond substituents is 1. The molecule has 1 aliphatic rings. The number of amides is 2. The van der Waals surface area contributed by atoms with Gasteiger partial charge in [0.15, 0.2) is 0 Å². The predicted octanol–water partition coefficient (Wildman–Crippen LogP) is 2.38. The Labute approximate surface area is 128 Å². The summed E-state index contributed by atoms with van der Waals surface area (Å²) >= 11 is 0. The molecule has 0 radical (unpaired) electrons. The van der Waals surface area contributed by atoms with Gasteiger partial charge in [0.1, 0.15) is 5.75 Å². The van der Waals surface area contributed by atoms with E-state index in [4.69, 9.17) is 0 Å². The minimum atomic E-state index is -0.374. The number of phenols is 1. The maximum atomic E-state index is 12.3. The van der Waals surface area contributed by atoms with E-state index in [1.165, 1.54) is 12.1 Å². The maximum absolute atomic E-state index is 12.3. The lowest BCUT2D eigenvalue weighted by atomic mass is 10.1. The van der Waals surface area contributed by atoms with Crippen LogP contribution in [0.3, 0.4) is 0 Å². The summed E-state index contributed by atoms with van der Waals surface area (Å²) in [5, 5.41) is 12.0. The first-order chi connectivity index (χ1) is 10.6. The molecule has 0 aliphatic carbocycles. The monoisotopic (exact) mass is 296 g/mol. The van der Waals surface area contributed by atoms with Gasteiger partial charge < -0.3 is 15.3 Å². The summed E-state index contributed by atoms with van der Waals surface area (Å²) in [5.41, 5.74) is 1.42. The van der Waals surface area contributed by atoms with Crippen LogP contribution in [-0.2, 0) is 9.59 Å². The van der Waals surface area contributed by atoms with E-state index in [1.807, 2.05) is 30.3 Å². The third kappa shape index (κ3) is 2.93. The average Bonchev–Trinajstić information content (AvgIpc) is 2.92. The van der Waals surface area contributed by atoms with E-state index in [0.29, 0.717) is 12.2 Å². The van der Waals surface area contributed by atoms with Gasteiger partial charge in [-0.15, -0.1) is 0 Å². The summed E-state index contributed by atoms with van der Waals surface area (Å²) < 4.78 is 0. The fraction of sp³-hybridized carbons (Fsp3) is 0.176. The van der Waals surface area contributed by atoms with Crippen molar-refractivity contribution in [1.29, 1.82) is 0 Å². The van der Waals surface area contributed by atoms with Crippen LogP contribution in [0, 0.1) is 5.92 Å². The van der Waals surface area contributed by atoms with Crippen molar-refractivity contribution < 1.29 is 14.7 Å². The van der Waals surface area contributed by atoms with Crippen LogP contribution in [0.15, 0.2) is 54.6 Å². The second kappa shape index (κ2) is 5.89. The molecule has 2 amide bonds. The highest BCUT2D eigenvalue weighted by molar-refractivity contribution is 6.03. The van der Waals surface area contributed by atoms with E-state index in [-0.39, 0.29) is 29.9 Å². The molecule has 2 aromatic rings. The van der Waals surface area contributed by atoms with Crippen LogP contribution >= 0.6 is 0 Å². The number of hydrogen-bond donors (Lipinski definition) is 2. The molecule has 5 heteroatoms. The van der Waals surface area contributed by atoms with Gasteiger partial charge >= 0.3 is 0 Å². The Morgan fingerprint density at radius 1 is 1.09 bits per heavy atom. The summed E-state index contributed by atoms with van der Waals surface area (Å²) in [5.74, 6) is -0.458. The molecule has 0 spiro atoms. The minimum absolute atomic E-state index is 0.0444. The number of carbonyl (C=O) groups excluding carboxylic acids is 2. The smallest absolute Gasteiger partial charge is 0.229 e. The second-order valence-corrected chi connectivity index (χ2v) is 5.28. The molecule has 1 atom stereocenters.